The minimum absolute atomic E-state index is 0.0373. The van der Waals surface area contributed by atoms with Gasteiger partial charge in [-0.3, -0.25) is 9.59 Å². The van der Waals surface area contributed by atoms with Crippen molar-refractivity contribution in [1.29, 1.82) is 0 Å². The molecule has 23 heavy (non-hydrogen) atoms. The van der Waals surface area contributed by atoms with Crippen molar-refractivity contribution in [2.45, 2.75) is 11.2 Å². The van der Waals surface area contributed by atoms with Crippen molar-refractivity contribution in [1.82, 2.24) is 23.9 Å². The Balaban J connectivity index is 1.84. The van der Waals surface area contributed by atoms with E-state index in [4.69, 9.17) is 11.6 Å². The van der Waals surface area contributed by atoms with E-state index < -0.39 is 28.1 Å². The van der Waals surface area contributed by atoms with Crippen molar-refractivity contribution in [2.24, 2.45) is 0 Å². The molecule has 1 aromatic heterocycles. The molecular formula is C11H12ClN5O4S2. The average molecular weight is 378 g/mol. The van der Waals surface area contributed by atoms with Gasteiger partial charge in [-0.25, -0.2) is 14.7 Å². The maximum absolute atomic E-state index is 12.6. The first-order chi connectivity index (χ1) is 10.8. The fraction of sp³-hybridized carbons (Fsp3) is 0.455. The molecule has 0 aromatic carbocycles. The maximum Gasteiger partial charge on any atom is 0.304 e. The molecule has 2 aliphatic rings. The van der Waals surface area contributed by atoms with E-state index >= 15 is 0 Å². The summed E-state index contributed by atoms with van der Waals surface area (Å²) in [5, 5.41) is 0.510. The maximum atomic E-state index is 12.6. The third-order valence-electron chi connectivity index (χ3n) is 3.57. The van der Waals surface area contributed by atoms with Gasteiger partial charge in [-0.05, 0) is 6.26 Å². The van der Waals surface area contributed by atoms with Gasteiger partial charge in [0.15, 0.2) is 10.9 Å². The van der Waals surface area contributed by atoms with E-state index in [9.17, 15) is 18.0 Å². The molecule has 0 radical (unpaired) electrons. The number of rotatable bonds is 2. The van der Waals surface area contributed by atoms with Crippen LogP contribution in [-0.4, -0.2) is 71.3 Å². The van der Waals surface area contributed by atoms with Gasteiger partial charge < -0.3 is 4.90 Å². The summed E-state index contributed by atoms with van der Waals surface area (Å²) in [6.45, 7) is 0.146. The second kappa shape index (κ2) is 5.89. The number of hydrogen-bond acceptors (Lipinski definition) is 7. The Morgan fingerprint density at radius 3 is 2.91 bits per heavy atom. The smallest absolute Gasteiger partial charge is 0.304 e. The molecule has 1 atom stereocenters. The van der Waals surface area contributed by atoms with Gasteiger partial charge in [0.05, 0.1) is 11.2 Å². The van der Waals surface area contributed by atoms with Crippen LogP contribution in [0.5, 0.6) is 0 Å². The largest absolute Gasteiger partial charge is 0.334 e. The van der Waals surface area contributed by atoms with Crippen molar-refractivity contribution in [3.63, 3.8) is 0 Å². The number of thioether (sulfide) groups is 1. The molecule has 1 aromatic rings. The van der Waals surface area contributed by atoms with Crippen LogP contribution in [0.1, 0.15) is 10.5 Å². The van der Waals surface area contributed by atoms with E-state index in [0.717, 1.165) is 4.31 Å². The lowest BCUT2D eigenvalue weighted by molar-refractivity contribution is -0.122. The second-order valence-electron chi connectivity index (χ2n) is 4.90. The number of piperazine rings is 1. The number of hydrogen-bond donors (Lipinski definition) is 1. The molecule has 3 rings (SSSR count). The van der Waals surface area contributed by atoms with Crippen LogP contribution in [0.25, 0.3) is 0 Å². The number of amides is 2. The first kappa shape index (κ1) is 16.4. The Bertz CT molecular complexity index is 787. The SMILES string of the molecule is CSc1ncc(Cl)c(C(=O)N2CCN3C(C2)C(=O)NS3(=O)=O)n1. The normalized spacial score (nSPS) is 23.5. The summed E-state index contributed by atoms with van der Waals surface area (Å²) in [4.78, 5) is 33.8. The van der Waals surface area contributed by atoms with E-state index in [0.29, 0.717) is 5.16 Å². The summed E-state index contributed by atoms with van der Waals surface area (Å²) in [5.41, 5.74) is 0.0423. The predicted molar refractivity (Wildman–Crippen MR) is 82.3 cm³/mol. The molecule has 1 unspecified atom stereocenters. The number of aromatic nitrogens is 2. The quantitative estimate of drug-likeness (QED) is 0.538. The molecular weight excluding hydrogens is 366 g/mol. The predicted octanol–water partition coefficient (Wildman–Crippen LogP) is -0.647. The Morgan fingerprint density at radius 2 is 2.22 bits per heavy atom. The number of nitrogens with zero attached hydrogens (tertiary/aromatic N) is 4. The van der Waals surface area contributed by atoms with E-state index in [1.807, 2.05) is 4.72 Å². The lowest BCUT2D eigenvalue weighted by Crippen LogP contribution is -2.54. The summed E-state index contributed by atoms with van der Waals surface area (Å²) in [6, 6.07) is -0.918. The Kier molecular flexibility index (Phi) is 4.21. The Labute approximate surface area is 141 Å². The molecule has 1 N–H and O–H groups in total. The van der Waals surface area contributed by atoms with Gasteiger partial charge in [-0.2, -0.15) is 12.7 Å². The van der Waals surface area contributed by atoms with E-state index in [1.165, 1.54) is 22.9 Å². The summed E-state index contributed by atoms with van der Waals surface area (Å²) in [7, 11) is -3.79. The highest BCUT2D eigenvalue weighted by molar-refractivity contribution is 7.98. The van der Waals surface area contributed by atoms with Crippen LogP contribution in [0, 0.1) is 0 Å². The molecule has 0 bridgehead atoms. The zero-order valence-electron chi connectivity index (χ0n) is 11.9. The first-order valence-corrected chi connectivity index (χ1v) is 9.57. The van der Waals surface area contributed by atoms with Crippen LogP contribution in [0.15, 0.2) is 11.4 Å². The van der Waals surface area contributed by atoms with Crippen LogP contribution in [-0.2, 0) is 15.0 Å². The summed E-state index contributed by atoms with van der Waals surface area (Å²) in [6.07, 6.45) is 3.11. The van der Waals surface area contributed by atoms with Crippen LogP contribution >= 0.6 is 23.4 Å². The molecule has 2 aliphatic heterocycles. The molecule has 3 heterocycles. The minimum Gasteiger partial charge on any atom is -0.334 e. The highest BCUT2D eigenvalue weighted by Crippen LogP contribution is 2.23. The standard InChI is InChI=1S/C11H12ClN5O4S2/c1-22-11-13-4-6(12)8(14-11)10(19)16-2-3-17-7(5-16)9(18)15-23(17,20)21/h4,7H,2-3,5H2,1H3,(H,15,18). The van der Waals surface area contributed by atoms with Gasteiger partial charge in [-0.1, -0.05) is 23.4 Å². The van der Waals surface area contributed by atoms with E-state index in [-0.39, 0.29) is 30.4 Å². The molecule has 124 valence electrons. The number of carbonyl (C=O) groups excluding carboxylic acids is 2. The van der Waals surface area contributed by atoms with Crippen molar-refractivity contribution in [3.8, 4) is 0 Å². The van der Waals surface area contributed by atoms with Gasteiger partial charge >= 0.3 is 10.2 Å². The van der Waals surface area contributed by atoms with Gasteiger partial charge in [-0.15, -0.1) is 0 Å². The van der Waals surface area contributed by atoms with Crippen molar-refractivity contribution in [3.05, 3.63) is 16.9 Å². The average Bonchev–Trinajstić information content (AvgIpc) is 2.76. The lowest BCUT2D eigenvalue weighted by atomic mass is 10.2. The Morgan fingerprint density at radius 1 is 1.48 bits per heavy atom. The second-order valence-corrected chi connectivity index (χ2v) is 7.71. The van der Waals surface area contributed by atoms with Gasteiger partial charge in [0.1, 0.15) is 6.04 Å². The highest BCUT2D eigenvalue weighted by atomic mass is 35.5. The van der Waals surface area contributed by atoms with Crippen LogP contribution < -0.4 is 4.72 Å². The van der Waals surface area contributed by atoms with Gasteiger partial charge in [0.25, 0.3) is 11.8 Å². The third-order valence-corrected chi connectivity index (χ3v) is 5.92. The van der Waals surface area contributed by atoms with Crippen molar-refractivity contribution >= 4 is 45.4 Å². The minimum atomic E-state index is -3.79. The highest BCUT2D eigenvalue weighted by Gasteiger charge is 2.47. The zero-order chi connectivity index (χ0) is 16.8. The molecule has 9 nitrogen and oxygen atoms in total. The molecule has 2 fully saturated rings. The molecule has 2 amide bonds. The number of fused-ring (bicyclic) bond motifs is 1. The first-order valence-electron chi connectivity index (χ1n) is 6.52. The van der Waals surface area contributed by atoms with Crippen molar-refractivity contribution in [2.75, 3.05) is 25.9 Å². The molecule has 0 aliphatic carbocycles. The summed E-state index contributed by atoms with van der Waals surface area (Å²) in [5.74, 6) is -1.09. The number of carbonyl (C=O) groups is 2. The van der Waals surface area contributed by atoms with E-state index in [1.54, 1.807) is 6.26 Å². The van der Waals surface area contributed by atoms with Crippen LogP contribution in [0.2, 0.25) is 5.02 Å². The monoisotopic (exact) mass is 377 g/mol. The summed E-state index contributed by atoms with van der Waals surface area (Å²) >= 11 is 7.25. The molecule has 0 saturated carbocycles. The summed E-state index contributed by atoms with van der Waals surface area (Å²) < 4.78 is 26.5. The molecule has 0 spiro atoms. The number of halogens is 1. The molecule has 12 heteroatoms. The van der Waals surface area contributed by atoms with Gasteiger partial charge in [0.2, 0.25) is 0 Å². The van der Waals surface area contributed by atoms with Crippen molar-refractivity contribution < 1.29 is 18.0 Å². The van der Waals surface area contributed by atoms with Crippen LogP contribution in [0.4, 0.5) is 0 Å². The fourth-order valence-electron chi connectivity index (χ4n) is 2.45. The number of nitrogens with one attached hydrogen (secondary N) is 1. The Hall–Kier alpha value is -1.43. The van der Waals surface area contributed by atoms with Gasteiger partial charge in [0, 0.05) is 19.6 Å². The van der Waals surface area contributed by atoms with Crippen LogP contribution in [0.3, 0.4) is 0 Å². The molecule has 2 saturated heterocycles. The lowest BCUT2D eigenvalue weighted by Gasteiger charge is -2.34. The third kappa shape index (κ3) is 2.89. The zero-order valence-corrected chi connectivity index (χ0v) is 14.3. The topological polar surface area (TPSA) is 113 Å². The van der Waals surface area contributed by atoms with E-state index in [2.05, 4.69) is 9.97 Å². The fourth-order valence-corrected chi connectivity index (χ4v) is 4.29.